The van der Waals surface area contributed by atoms with Gasteiger partial charge in [-0.05, 0) is 19.1 Å². The first-order chi connectivity index (χ1) is 7.65. The van der Waals surface area contributed by atoms with Crippen molar-refractivity contribution in [3.63, 3.8) is 0 Å². The van der Waals surface area contributed by atoms with Gasteiger partial charge >= 0.3 is 0 Å². The number of carbonyl (C=O) groups excluding carboxylic acids is 1. The van der Waals surface area contributed by atoms with Gasteiger partial charge in [-0.15, -0.1) is 0 Å². The highest BCUT2D eigenvalue weighted by atomic mass is 35.5. The summed E-state index contributed by atoms with van der Waals surface area (Å²) in [4.78, 5) is 11.5. The van der Waals surface area contributed by atoms with Crippen molar-refractivity contribution in [3.8, 4) is 0 Å². The average Bonchev–Trinajstić information content (AvgIpc) is 2.24. The maximum Gasteiger partial charge on any atom is 0.226 e. The van der Waals surface area contributed by atoms with Crippen LogP contribution in [0.4, 0.5) is 11.4 Å². The Labute approximate surface area is 99.7 Å². The predicted octanol–water partition coefficient (Wildman–Crippen LogP) is 2.29. The molecule has 0 fully saturated rings. The molecule has 88 valence electrons. The number of para-hydroxylation sites is 1. The predicted molar refractivity (Wildman–Crippen MR) is 65.6 cm³/mol. The van der Waals surface area contributed by atoms with E-state index in [9.17, 15) is 4.79 Å². The SMILES string of the molecule is CCOCCC(=O)Nc1c(N)cccc1Cl. The van der Waals surface area contributed by atoms with Crippen LogP contribution in [0.5, 0.6) is 0 Å². The smallest absolute Gasteiger partial charge is 0.226 e. The second kappa shape index (κ2) is 6.35. The standard InChI is InChI=1S/C11H15ClN2O2/c1-2-16-7-6-10(15)14-11-8(12)4-3-5-9(11)13/h3-5H,2,6-7,13H2,1H3,(H,14,15). The monoisotopic (exact) mass is 242 g/mol. The lowest BCUT2D eigenvalue weighted by Gasteiger charge is -2.09. The van der Waals surface area contributed by atoms with Gasteiger partial charge in [0.05, 0.1) is 29.4 Å². The molecule has 0 heterocycles. The van der Waals surface area contributed by atoms with Crippen LogP contribution in [0.25, 0.3) is 0 Å². The second-order valence-electron chi connectivity index (χ2n) is 3.20. The number of benzene rings is 1. The highest BCUT2D eigenvalue weighted by Crippen LogP contribution is 2.27. The van der Waals surface area contributed by atoms with Crippen LogP contribution in [-0.2, 0) is 9.53 Å². The molecule has 16 heavy (non-hydrogen) atoms. The topological polar surface area (TPSA) is 64.3 Å². The summed E-state index contributed by atoms with van der Waals surface area (Å²) in [7, 11) is 0. The zero-order chi connectivity index (χ0) is 12.0. The molecule has 0 aliphatic heterocycles. The van der Waals surface area contributed by atoms with E-state index >= 15 is 0 Å². The fourth-order valence-corrected chi connectivity index (χ4v) is 1.41. The third-order valence-electron chi connectivity index (χ3n) is 1.99. The molecule has 0 atom stereocenters. The summed E-state index contributed by atoms with van der Waals surface area (Å²) in [5.74, 6) is -0.159. The zero-order valence-corrected chi connectivity index (χ0v) is 9.88. The van der Waals surface area contributed by atoms with Crippen molar-refractivity contribution < 1.29 is 9.53 Å². The van der Waals surface area contributed by atoms with Gasteiger partial charge < -0.3 is 15.8 Å². The van der Waals surface area contributed by atoms with Crippen LogP contribution in [0.15, 0.2) is 18.2 Å². The van der Waals surface area contributed by atoms with E-state index < -0.39 is 0 Å². The summed E-state index contributed by atoms with van der Waals surface area (Å²) < 4.78 is 5.08. The van der Waals surface area contributed by atoms with Crippen LogP contribution in [0, 0.1) is 0 Å². The van der Waals surface area contributed by atoms with E-state index in [2.05, 4.69) is 5.32 Å². The Morgan fingerprint density at radius 2 is 2.31 bits per heavy atom. The highest BCUT2D eigenvalue weighted by molar-refractivity contribution is 6.34. The number of hydrogen-bond donors (Lipinski definition) is 2. The summed E-state index contributed by atoms with van der Waals surface area (Å²) >= 11 is 5.91. The number of halogens is 1. The van der Waals surface area contributed by atoms with Gasteiger partial charge in [-0.1, -0.05) is 17.7 Å². The molecular formula is C11H15ClN2O2. The summed E-state index contributed by atoms with van der Waals surface area (Å²) in [5, 5.41) is 3.10. The van der Waals surface area contributed by atoms with Gasteiger partial charge in [0.25, 0.3) is 0 Å². The third-order valence-corrected chi connectivity index (χ3v) is 2.30. The number of anilines is 2. The molecular weight excluding hydrogens is 228 g/mol. The van der Waals surface area contributed by atoms with Crippen molar-refractivity contribution in [2.24, 2.45) is 0 Å². The molecule has 5 heteroatoms. The number of amides is 1. The summed E-state index contributed by atoms with van der Waals surface area (Å²) in [6, 6.07) is 5.09. The van der Waals surface area contributed by atoms with E-state index in [4.69, 9.17) is 22.1 Å². The Balaban J connectivity index is 2.56. The zero-order valence-electron chi connectivity index (χ0n) is 9.13. The number of ether oxygens (including phenoxy) is 1. The molecule has 0 unspecified atom stereocenters. The minimum Gasteiger partial charge on any atom is -0.397 e. The van der Waals surface area contributed by atoms with Crippen molar-refractivity contribution in [2.45, 2.75) is 13.3 Å². The quantitative estimate of drug-likeness (QED) is 0.615. The summed E-state index contributed by atoms with van der Waals surface area (Å²) in [6.45, 7) is 2.87. The van der Waals surface area contributed by atoms with Crippen molar-refractivity contribution in [2.75, 3.05) is 24.3 Å². The molecule has 3 N–H and O–H groups in total. The Morgan fingerprint density at radius 1 is 1.56 bits per heavy atom. The van der Waals surface area contributed by atoms with Gasteiger partial charge in [-0.3, -0.25) is 4.79 Å². The van der Waals surface area contributed by atoms with E-state index in [0.717, 1.165) is 0 Å². The molecule has 0 aliphatic rings. The lowest BCUT2D eigenvalue weighted by atomic mass is 10.2. The summed E-state index contributed by atoms with van der Waals surface area (Å²) in [5.41, 5.74) is 6.61. The lowest BCUT2D eigenvalue weighted by molar-refractivity contribution is -0.117. The van der Waals surface area contributed by atoms with Gasteiger partial charge in [-0.2, -0.15) is 0 Å². The van der Waals surface area contributed by atoms with Crippen LogP contribution in [0.3, 0.4) is 0 Å². The Kier molecular flexibility index (Phi) is 5.08. The molecule has 0 radical (unpaired) electrons. The Hall–Kier alpha value is -1.26. The van der Waals surface area contributed by atoms with Crippen LogP contribution >= 0.6 is 11.6 Å². The number of carbonyl (C=O) groups is 1. The molecule has 0 aliphatic carbocycles. The maximum absolute atomic E-state index is 11.5. The van der Waals surface area contributed by atoms with Gasteiger partial charge in [0.2, 0.25) is 5.91 Å². The first-order valence-corrected chi connectivity index (χ1v) is 5.44. The molecule has 0 aromatic heterocycles. The molecule has 1 rings (SSSR count). The van der Waals surface area contributed by atoms with E-state index in [1.807, 2.05) is 6.92 Å². The molecule has 4 nitrogen and oxygen atoms in total. The van der Waals surface area contributed by atoms with E-state index in [-0.39, 0.29) is 5.91 Å². The minimum atomic E-state index is -0.159. The number of nitrogens with two attached hydrogens (primary N) is 1. The molecule has 0 saturated heterocycles. The number of hydrogen-bond acceptors (Lipinski definition) is 3. The highest BCUT2D eigenvalue weighted by Gasteiger charge is 2.08. The van der Waals surface area contributed by atoms with E-state index in [0.29, 0.717) is 36.0 Å². The first-order valence-electron chi connectivity index (χ1n) is 5.06. The minimum absolute atomic E-state index is 0.159. The van der Waals surface area contributed by atoms with Crippen LogP contribution < -0.4 is 11.1 Å². The number of nitrogen functional groups attached to an aromatic ring is 1. The molecule has 1 amide bonds. The lowest BCUT2D eigenvalue weighted by Crippen LogP contribution is -2.15. The molecule has 1 aromatic carbocycles. The maximum atomic E-state index is 11.5. The first kappa shape index (κ1) is 12.8. The van der Waals surface area contributed by atoms with E-state index in [1.54, 1.807) is 18.2 Å². The fraction of sp³-hybridized carbons (Fsp3) is 0.364. The van der Waals surface area contributed by atoms with Crippen molar-refractivity contribution in [1.82, 2.24) is 0 Å². The van der Waals surface area contributed by atoms with Crippen molar-refractivity contribution >= 4 is 28.9 Å². The fourth-order valence-electron chi connectivity index (χ4n) is 1.18. The van der Waals surface area contributed by atoms with Gasteiger partial charge in [-0.25, -0.2) is 0 Å². The number of nitrogens with one attached hydrogen (secondary N) is 1. The normalized spacial score (nSPS) is 10.1. The molecule has 0 saturated carbocycles. The van der Waals surface area contributed by atoms with E-state index in [1.165, 1.54) is 0 Å². The second-order valence-corrected chi connectivity index (χ2v) is 3.61. The summed E-state index contributed by atoms with van der Waals surface area (Å²) in [6.07, 6.45) is 0.290. The van der Waals surface area contributed by atoms with Crippen LogP contribution in [0.1, 0.15) is 13.3 Å². The molecule has 1 aromatic rings. The molecule has 0 spiro atoms. The van der Waals surface area contributed by atoms with Crippen LogP contribution in [0.2, 0.25) is 5.02 Å². The van der Waals surface area contributed by atoms with Gasteiger partial charge in [0.15, 0.2) is 0 Å². The average molecular weight is 243 g/mol. The van der Waals surface area contributed by atoms with Crippen molar-refractivity contribution in [3.05, 3.63) is 23.2 Å². The van der Waals surface area contributed by atoms with Crippen LogP contribution in [-0.4, -0.2) is 19.1 Å². The Morgan fingerprint density at radius 3 is 2.94 bits per heavy atom. The number of rotatable bonds is 5. The Bertz CT molecular complexity index is 349. The third kappa shape index (κ3) is 3.72. The van der Waals surface area contributed by atoms with Gasteiger partial charge in [0, 0.05) is 6.61 Å². The largest absolute Gasteiger partial charge is 0.397 e. The van der Waals surface area contributed by atoms with Gasteiger partial charge in [0.1, 0.15) is 0 Å². The van der Waals surface area contributed by atoms with Crippen molar-refractivity contribution in [1.29, 1.82) is 0 Å². The molecule has 0 bridgehead atoms.